The van der Waals surface area contributed by atoms with Gasteiger partial charge in [0.25, 0.3) is 0 Å². The second-order valence-electron chi connectivity index (χ2n) is 1.90. The summed E-state index contributed by atoms with van der Waals surface area (Å²) in [5.74, 6) is 0. The van der Waals surface area contributed by atoms with Crippen molar-refractivity contribution in [3.63, 3.8) is 0 Å². The Balaban J connectivity index is 3.04. The van der Waals surface area contributed by atoms with Gasteiger partial charge in [0, 0.05) is 0 Å². The van der Waals surface area contributed by atoms with Gasteiger partial charge in [0.05, 0.1) is 0 Å². The van der Waals surface area contributed by atoms with Gasteiger partial charge in [0.2, 0.25) is 0 Å². The average Bonchev–Trinajstić information content (AvgIpc) is 1.80. The molecule has 0 spiro atoms. The van der Waals surface area contributed by atoms with E-state index in [2.05, 4.69) is 6.92 Å². The zero-order chi connectivity index (χ0) is 7.11. The molecule has 54 valence electrons. The fourth-order valence-electron chi connectivity index (χ4n) is 0.521. The summed E-state index contributed by atoms with van der Waals surface area (Å²) in [6.07, 6.45) is 7.36. The van der Waals surface area contributed by atoms with E-state index in [1.54, 1.807) is 6.08 Å². The number of halogens is 2. The molecule has 2 heteroatoms. The van der Waals surface area contributed by atoms with Crippen LogP contribution >= 0.6 is 23.2 Å². The van der Waals surface area contributed by atoms with Crippen molar-refractivity contribution >= 4 is 23.2 Å². The van der Waals surface area contributed by atoms with Crippen LogP contribution in [0.3, 0.4) is 0 Å². The van der Waals surface area contributed by atoms with Gasteiger partial charge in [0.15, 0.2) is 0 Å². The Kier molecular flexibility index (Phi) is 6.67. The standard InChI is InChI=1S/C7H12Cl2/c1-2-3-4-5-6-7(8)9/h5-7H,2-4H2,1H3/b6-5+. The lowest BCUT2D eigenvalue weighted by Crippen LogP contribution is -1.75. The average molecular weight is 167 g/mol. The first-order valence-corrected chi connectivity index (χ1v) is 4.09. The molecule has 0 aromatic heterocycles. The molecular formula is C7H12Cl2. The minimum Gasteiger partial charge on any atom is -0.101 e. The van der Waals surface area contributed by atoms with Crippen molar-refractivity contribution in [2.75, 3.05) is 0 Å². The molecule has 0 fully saturated rings. The summed E-state index contributed by atoms with van der Waals surface area (Å²) in [5, 5.41) is 0. The molecule has 0 aliphatic carbocycles. The van der Waals surface area contributed by atoms with E-state index in [0.717, 1.165) is 6.42 Å². The van der Waals surface area contributed by atoms with E-state index in [-0.39, 0.29) is 4.84 Å². The molecule has 0 aromatic carbocycles. The molecular weight excluding hydrogens is 155 g/mol. The van der Waals surface area contributed by atoms with Crippen molar-refractivity contribution in [1.29, 1.82) is 0 Å². The number of hydrogen-bond donors (Lipinski definition) is 0. The zero-order valence-electron chi connectivity index (χ0n) is 5.61. The van der Waals surface area contributed by atoms with Crippen LogP contribution in [-0.4, -0.2) is 4.84 Å². The van der Waals surface area contributed by atoms with E-state index in [4.69, 9.17) is 23.2 Å². The molecule has 0 rings (SSSR count). The van der Waals surface area contributed by atoms with Crippen LogP contribution in [0.15, 0.2) is 12.2 Å². The predicted molar refractivity (Wildman–Crippen MR) is 44.2 cm³/mol. The predicted octanol–water partition coefficient (Wildman–Crippen LogP) is 3.54. The SMILES string of the molecule is CCCC/C=C/C(Cl)Cl. The van der Waals surface area contributed by atoms with Gasteiger partial charge in [-0.25, -0.2) is 0 Å². The van der Waals surface area contributed by atoms with Crippen LogP contribution < -0.4 is 0 Å². The molecule has 0 aromatic rings. The summed E-state index contributed by atoms with van der Waals surface area (Å²) in [6, 6.07) is 0. The third kappa shape index (κ3) is 8.32. The number of hydrogen-bond acceptors (Lipinski definition) is 0. The summed E-state index contributed by atoms with van der Waals surface area (Å²) >= 11 is 10.9. The molecule has 0 nitrogen and oxygen atoms in total. The van der Waals surface area contributed by atoms with Crippen molar-refractivity contribution < 1.29 is 0 Å². The Morgan fingerprint density at radius 2 is 2.11 bits per heavy atom. The van der Waals surface area contributed by atoms with Crippen LogP contribution in [0.4, 0.5) is 0 Å². The molecule has 0 aliphatic rings. The first-order chi connectivity index (χ1) is 4.27. The summed E-state index contributed by atoms with van der Waals surface area (Å²) in [4.78, 5) is -0.332. The highest BCUT2D eigenvalue weighted by Gasteiger charge is 1.86. The van der Waals surface area contributed by atoms with Gasteiger partial charge < -0.3 is 0 Å². The first kappa shape index (κ1) is 9.32. The monoisotopic (exact) mass is 166 g/mol. The maximum Gasteiger partial charge on any atom is 0.125 e. The van der Waals surface area contributed by atoms with Crippen LogP contribution in [0.2, 0.25) is 0 Å². The second-order valence-corrected chi connectivity index (χ2v) is 3.07. The summed E-state index contributed by atoms with van der Waals surface area (Å²) in [6.45, 7) is 2.16. The van der Waals surface area contributed by atoms with Gasteiger partial charge in [-0.1, -0.05) is 31.9 Å². The molecule has 0 aliphatic heterocycles. The maximum absolute atomic E-state index is 5.44. The van der Waals surface area contributed by atoms with E-state index in [1.807, 2.05) is 6.08 Å². The van der Waals surface area contributed by atoms with Crippen LogP contribution in [0.25, 0.3) is 0 Å². The lowest BCUT2D eigenvalue weighted by Gasteiger charge is -1.89. The highest BCUT2D eigenvalue weighted by Crippen LogP contribution is 2.04. The summed E-state index contributed by atoms with van der Waals surface area (Å²) < 4.78 is 0. The molecule has 0 atom stereocenters. The van der Waals surface area contributed by atoms with Gasteiger partial charge in [0.1, 0.15) is 4.84 Å². The third-order valence-corrected chi connectivity index (χ3v) is 1.30. The summed E-state index contributed by atoms with van der Waals surface area (Å²) in [7, 11) is 0. The van der Waals surface area contributed by atoms with Crippen molar-refractivity contribution in [1.82, 2.24) is 0 Å². The van der Waals surface area contributed by atoms with E-state index in [0.29, 0.717) is 0 Å². The molecule has 0 saturated carbocycles. The van der Waals surface area contributed by atoms with Crippen molar-refractivity contribution in [2.24, 2.45) is 0 Å². The van der Waals surface area contributed by atoms with Crippen LogP contribution in [-0.2, 0) is 0 Å². The van der Waals surface area contributed by atoms with Crippen molar-refractivity contribution in [2.45, 2.75) is 31.0 Å². The lowest BCUT2D eigenvalue weighted by atomic mass is 10.2. The minimum atomic E-state index is -0.332. The van der Waals surface area contributed by atoms with Crippen molar-refractivity contribution in [3.05, 3.63) is 12.2 Å². The van der Waals surface area contributed by atoms with Crippen molar-refractivity contribution in [3.8, 4) is 0 Å². The number of alkyl halides is 2. The van der Waals surface area contributed by atoms with Crippen LogP contribution in [0, 0.1) is 0 Å². The largest absolute Gasteiger partial charge is 0.125 e. The number of rotatable bonds is 4. The molecule has 0 saturated heterocycles. The van der Waals surface area contributed by atoms with Gasteiger partial charge in [-0.3, -0.25) is 0 Å². The topological polar surface area (TPSA) is 0 Å². The Bertz CT molecular complexity index is 77.0. The Morgan fingerprint density at radius 3 is 2.56 bits per heavy atom. The van der Waals surface area contributed by atoms with E-state index >= 15 is 0 Å². The maximum atomic E-state index is 5.44. The number of allylic oxidation sites excluding steroid dienone is 2. The third-order valence-electron chi connectivity index (χ3n) is 1.01. The van der Waals surface area contributed by atoms with Crippen LogP contribution in [0.5, 0.6) is 0 Å². The quantitative estimate of drug-likeness (QED) is 0.341. The highest BCUT2D eigenvalue weighted by molar-refractivity contribution is 6.45. The first-order valence-electron chi connectivity index (χ1n) is 3.22. The van der Waals surface area contributed by atoms with Gasteiger partial charge in [-0.2, -0.15) is 0 Å². The minimum absolute atomic E-state index is 0.332. The zero-order valence-corrected chi connectivity index (χ0v) is 7.12. The molecule has 0 unspecified atom stereocenters. The van der Waals surface area contributed by atoms with E-state index < -0.39 is 0 Å². The molecule has 0 heterocycles. The second kappa shape index (κ2) is 6.44. The van der Waals surface area contributed by atoms with Gasteiger partial charge >= 0.3 is 0 Å². The Morgan fingerprint density at radius 1 is 1.44 bits per heavy atom. The molecule has 0 N–H and O–H groups in total. The molecule has 0 amide bonds. The molecule has 9 heavy (non-hydrogen) atoms. The number of unbranched alkanes of at least 4 members (excludes halogenated alkanes) is 2. The Hall–Kier alpha value is 0.320. The fourth-order valence-corrected chi connectivity index (χ4v) is 0.727. The van der Waals surface area contributed by atoms with E-state index in [9.17, 15) is 0 Å². The summed E-state index contributed by atoms with van der Waals surface area (Å²) in [5.41, 5.74) is 0. The molecule has 0 radical (unpaired) electrons. The Labute approximate surface area is 66.8 Å². The van der Waals surface area contributed by atoms with Crippen LogP contribution in [0.1, 0.15) is 26.2 Å². The van der Waals surface area contributed by atoms with E-state index in [1.165, 1.54) is 12.8 Å². The van der Waals surface area contributed by atoms with Gasteiger partial charge in [-0.15, -0.1) is 23.2 Å². The highest BCUT2D eigenvalue weighted by atomic mass is 35.5. The normalized spacial score (nSPS) is 11.6. The lowest BCUT2D eigenvalue weighted by molar-refractivity contribution is 0.814. The smallest absolute Gasteiger partial charge is 0.101 e. The fraction of sp³-hybridized carbons (Fsp3) is 0.714. The van der Waals surface area contributed by atoms with Gasteiger partial charge in [-0.05, 0) is 6.42 Å². The molecule has 0 bridgehead atoms.